The number of aryl methyl sites for hydroxylation is 1. The van der Waals surface area contributed by atoms with E-state index < -0.39 is 0 Å². The Hall–Kier alpha value is -1.83. The average Bonchev–Trinajstić information content (AvgIpc) is 2.47. The molecule has 98 valence electrons. The summed E-state index contributed by atoms with van der Waals surface area (Å²) in [4.78, 5) is 0. The Kier molecular flexibility index (Phi) is 3.49. The summed E-state index contributed by atoms with van der Waals surface area (Å²) in [5.41, 5.74) is 5.29. The van der Waals surface area contributed by atoms with Gasteiger partial charge in [-0.25, -0.2) is 4.39 Å². The third kappa shape index (κ3) is 2.78. The molecule has 0 aromatic heterocycles. The first kappa shape index (κ1) is 12.2. The smallest absolute Gasteiger partial charge is 0.123 e. The van der Waals surface area contributed by atoms with E-state index in [1.165, 1.54) is 54.6 Å². The third-order valence-corrected chi connectivity index (χ3v) is 3.79. The second kappa shape index (κ2) is 5.43. The van der Waals surface area contributed by atoms with Crippen LogP contribution in [0, 0.1) is 5.82 Å². The normalized spacial score (nSPS) is 13.9. The largest absolute Gasteiger partial charge is 0.381 e. The van der Waals surface area contributed by atoms with E-state index >= 15 is 0 Å². The first-order chi connectivity index (χ1) is 9.33. The summed E-state index contributed by atoms with van der Waals surface area (Å²) >= 11 is 0. The molecule has 0 bridgehead atoms. The van der Waals surface area contributed by atoms with Gasteiger partial charge in [-0.1, -0.05) is 24.3 Å². The van der Waals surface area contributed by atoms with Gasteiger partial charge in [0.1, 0.15) is 5.82 Å². The van der Waals surface area contributed by atoms with Gasteiger partial charge in [0, 0.05) is 12.2 Å². The minimum atomic E-state index is -0.180. The highest BCUT2D eigenvalue weighted by Crippen LogP contribution is 2.28. The monoisotopic (exact) mass is 255 g/mol. The van der Waals surface area contributed by atoms with Crippen molar-refractivity contribution in [1.82, 2.24) is 0 Å². The maximum Gasteiger partial charge on any atom is 0.123 e. The Morgan fingerprint density at radius 1 is 0.947 bits per heavy atom. The predicted molar refractivity (Wildman–Crippen MR) is 76.8 cm³/mol. The van der Waals surface area contributed by atoms with Crippen LogP contribution in [0.2, 0.25) is 0 Å². The van der Waals surface area contributed by atoms with Gasteiger partial charge in [-0.05, 0) is 60.6 Å². The lowest BCUT2D eigenvalue weighted by Gasteiger charge is -2.20. The molecule has 1 aliphatic rings. The van der Waals surface area contributed by atoms with E-state index in [9.17, 15) is 4.39 Å². The zero-order valence-electron chi connectivity index (χ0n) is 11.0. The number of benzene rings is 2. The molecule has 0 heterocycles. The van der Waals surface area contributed by atoms with E-state index in [0.29, 0.717) is 0 Å². The van der Waals surface area contributed by atoms with Crippen molar-refractivity contribution in [1.29, 1.82) is 0 Å². The Labute approximate surface area is 113 Å². The van der Waals surface area contributed by atoms with Crippen LogP contribution in [-0.2, 0) is 19.4 Å². The fourth-order valence-corrected chi connectivity index (χ4v) is 2.75. The number of anilines is 1. The molecule has 0 unspecified atom stereocenters. The van der Waals surface area contributed by atoms with Crippen molar-refractivity contribution in [2.75, 3.05) is 5.32 Å². The summed E-state index contributed by atoms with van der Waals surface area (Å²) in [6, 6.07) is 13.2. The minimum absolute atomic E-state index is 0.180. The highest BCUT2D eigenvalue weighted by Gasteiger charge is 2.12. The van der Waals surface area contributed by atoms with Crippen molar-refractivity contribution in [3.8, 4) is 0 Å². The third-order valence-electron chi connectivity index (χ3n) is 3.79. The molecule has 1 N–H and O–H groups in total. The van der Waals surface area contributed by atoms with E-state index in [1.54, 1.807) is 0 Å². The van der Waals surface area contributed by atoms with E-state index in [1.807, 2.05) is 12.1 Å². The molecule has 0 atom stereocenters. The molecule has 1 nitrogen and oxygen atoms in total. The van der Waals surface area contributed by atoms with Gasteiger partial charge in [0.05, 0.1) is 0 Å². The average molecular weight is 255 g/mol. The molecule has 0 radical (unpaired) electrons. The quantitative estimate of drug-likeness (QED) is 0.861. The van der Waals surface area contributed by atoms with Gasteiger partial charge in [-0.3, -0.25) is 0 Å². The van der Waals surface area contributed by atoms with E-state index in [-0.39, 0.29) is 5.82 Å². The first-order valence-electron chi connectivity index (χ1n) is 6.92. The molecule has 0 saturated carbocycles. The molecular formula is C17H18FN. The van der Waals surface area contributed by atoms with Gasteiger partial charge < -0.3 is 5.32 Å². The molecule has 0 amide bonds. The Balaban J connectivity index is 1.75. The summed E-state index contributed by atoms with van der Waals surface area (Å²) in [5, 5.41) is 3.49. The second-order valence-electron chi connectivity index (χ2n) is 5.13. The van der Waals surface area contributed by atoms with Crippen LogP contribution in [0.5, 0.6) is 0 Å². The van der Waals surface area contributed by atoms with Gasteiger partial charge in [-0.2, -0.15) is 0 Å². The van der Waals surface area contributed by atoms with Crippen molar-refractivity contribution >= 4 is 5.69 Å². The minimum Gasteiger partial charge on any atom is -0.381 e. The van der Waals surface area contributed by atoms with Crippen LogP contribution in [0.1, 0.15) is 29.5 Å². The number of nitrogens with one attached hydrogen (secondary N) is 1. The molecule has 3 rings (SSSR count). The van der Waals surface area contributed by atoms with Crippen LogP contribution in [0.15, 0.2) is 42.5 Å². The Morgan fingerprint density at radius 3 is 2.58 bits per heavy atom. The number of hydrogen-bond donors (Lipinski definition) is 1. The highest BCUT2D eigenvalue weighted by molar-refractivity contribution is 5.55. The van der Waals surface area contributed by atoms with Crippen LogP contribution in [0.25, 0.3) is 0 Å². The SMILES string of the molecule is Fc1ccc(CNc2cccc3c2CCCC3)cc1. The summed E-state index contributed by atoms with van der Waals surface area (Å²) in [6.45, 7) is 0.747. The van der Waals surface area contributed by atoms with Crippen molar-refractivity contribution in [2.24, 2.45) is 0 Å². The van der Waals surface area contributed by atoms with Crippen molar-refractivity contribution in [2.45, 2.75) is 32.2 Å². The fourth-order valence-electron chi connectivity index (χ4n) is 2.75. The molecular weight excluding hydrogens is 237 g/mol. The predicted octanol–water partition coefficient (Wildman–Crippen LogP) is 4.32. The number of rotatable bonds is 3. The van der Waals surface area contributed by atoms with Crippen LogP contribution >= 0.6 is 0 Å². The zero-order chi connectivity index (χ0) is 13.1. The van der Waals surface area contributed by atoms with E-state index in [0.717, 1.165) is 12.1 Å². The van der Waals surface area contributed by atoms with E-state index in [2.05, 4.69) is 23.5 Å². The highest BCUT2D eigenvalue weighted by atomic mass is 19.1. The maximum absolute atomic E-state index is 12.9. The van der Waals surface area contributed by atoms with Crippen molar-refractivity contribution < 1.29 is 4.39 Å². The molecule has 2 aromatic rings. The molecule has 0 aliphatic heterocycles. The number of hydrogen-bond acceptors (Lipinski definition) is 1. The molecule has 0 spiro atoms. The van der Waals surface area contributed by atoms with Crippen LogP contribution in [0.3, 0.4) is 0 Å². The zero-order valence-corrected chi connectivity index (χ0v) is 11.0. The second-order valence-corrected chi connectivity index (χ2v) is 5.13. The van der Waals surface area contributed by atoms with Crippen LogP contribution < -0.4 is 5.32 Å². The summed E-state index contributed by atoms with van der Waals surface area (Å²) in [7, 11) is 0. The van der Waals surface area contributed by atoms with Crippen LogP contribution in [-0.4, -0.2) is 0 Å². The topological polar surface area (TPSA) is 12.0 Å². The number of halogens is 1. The lowest BCUT2D eigenvalue weighted by molar-refractivity contribution is 0.627. The summed E-state index contributed by atoms with van der Waals surface area (Å²) in [5.74, 6) is -0.180. The van der Waals surface area contributed by atoms with Crippen molar-refractivity contribution in [3.05, 3.63) is 65.0 Å². The van der Waals surface area contributed by atoms with E-state index in [4.69, 9.17) is 0 Å². The summed E-state index contributed by atoms with van der Waals surface area (Å²) in [6.07, 6.45) is 4.94. The lowest BCUT2D eigenvalue weighted by Crippen LogP contribution is -2.08. The molecule has 19 heavy (non-hydrogen) atoms. The molecule has 2 aromatic carbocycles. The fraction of sp³-hybridized carbons (Fsp3) is 0.294. The van der Waals surface area contributed by atoms with Gasteiger partial charge in [0.2, 0.25) is 0 Å². The standard InChI is InChI=1S/C17H18FN/c18-15-10-8-13(9-11-15)12-19-17-7-3-5-14-4-1-2-6-16(14)17/h3,5,7-11,19H,1-2,4,6,12H2. The molecule has 0 fully saturated rings. The van der Waals surface area contributed by atoms with Crippen molar-refractivity contribution in [3.63, 3.8) is 0 Å². The van der Waals surface area contributed by atoms with Gasteiger partial charge in [0.15, 0.2) is 0 Å². The molecule has 2 heteroatoms. The Bertz CT molecular complexity index is 560. The Morgan fingerprint density at radius 2 is 1.74 bits per heavy atom. The molecule has 0 saturated heterocycles. The van der Waals surface area contributed by atoms with Gasteiger partial charge >= 0.3 is 0 Å². The maximum atomic E-state index is 12.9. The lowest BCUT2D eigenvalue weighted by atomic mass is 9.90. The molecule has 1 aliphatic carbocycles. The van der Waals surface area contributed by atoms with Crippen LogP contribution in [0.4, 0.5) is 10.1 Å². The summed E-state index contributed by atoms with van der Waals surface area (Å²) < 4.78 is 12.9. The first-order valence-corrected chi connectivity index (χ1v) is 6.92. The van der Waals surface area contributed by atoms with Gasteiger partial charge in [-0.15, -0.1) is 0 Å². The number of fused-ring (bicyclic) bond motifs is 1. The van der Waals surface area contributed by atoms with Gasteiger partial charge in [0.25, 0.3) is 0 Å².